The number of aliphatic hydroxyl groups is 2. The van der Waals surface area contributed by atoms with Gasteiger partial charge in [0.25, 0.3) is 0 Å². The van der Waals surface area contributed by atoms with Crippen molar-refractivity contribution in [2.24, 2.45) is 5.11 Å². The number of hydrogen-bond donors (Lipinski definition) is 3. The van der Waals surface area contributed by atoms with E-state index in [-0.39, 0.29) is 19.1 Å². The van der Waals surface area contributed by atoms with E-state index in [1.165, 1.54) is 0 Å². The molecule has 0 radical (unpaired) electrons. The van der Waals surface area contributed by atoms with Crippen molar-refractivity contribution in [1.82, 2.24) is 14.5 Å². The SMILES string of the molecule is [N-]=[N+]=NCCO[C@@H]1[C@H](O)[C@@H](CO)O[C@H]1n1cnc(N)nc1=O. The third kappa shape index (κ3) is 3.32. The molecule has 0 spiro atoms. The van der Waals surface area contributed by atoms with Crippen LogP contribution in [-0.2, 0) is 9.47 Å². The Morgan fingerprint density at radius 1 is 1.64 bits per heavy atom. The highest BCUT2D eigenvalue weighted by atomic mass is 16.6. The smallest absolute Gasteiger partial charge is 0.354 e. The molecule has 0 aliphatic carbocycles. The Morgan fingerprint density at radius 2 is 2.41 bits per heavy atom. The molecule has 1 aliphatic rings. The lowest BCUT2D eigenvalue weighted by molar-refractivity contribution is -0.0730. The highest BCUT2D eigenvalue weighted by molar-refractivity contribution is 5.10. The summed E-state index contributed by atoms with van der Waals surface area (Å²) < 4.78 is 11.8. The molecule has 0 bridgehead atoms. The molecule has 2 heterocycles. The van der Waals surface area contributed by atoms with Crippen LogP contribution in [0.2, 0.25) is 0 Å². The van der Waals surface area contributed by atoms with Gasteiger partial charge < -0.3 is 25.4 Å². The van der Waals surface area contributed by atoms with Gasteiger partial charge in [-0.25, -0.2) is 9.78 Å². The van der Waals surface area contributed by atoms with Crippen molar-refractivity contribution >= 4 is 5.95 Å². The van der Waals surface area contributed by atoms with E-state index >= 15 is 0 Å². The first-order valence-corrected chi connectivity index (χ1v) is 6.36. The molecule has 0 amide bonds. The second-order valence-corrected chi connectivity index (χ2v) is 4.43. The maximum Gasteiger partial charge on any atom is 0.354 e. The molecule has 2 rings (SSSR count). The fourth-order valence-corrected chi connectivity index (χ4v) is 2.08. The van der Waals surface area contributed by atoms with Crippen LogP contribution in [0.15, 0.2) is 16.2 Å². The summed E-state index contributed by atoms with van der Waals surface area (Å²) >= 11 is 0. The summed E-state index contributed by atoms with van der Waals surface area (Å²) in [5, 5.41) is 22.6. The van der Waals surface area contributed by atoms with Crippen LogP contribution in [0, 0.1) is 0 Å². The zero-order valence-electron chi connectivity index (χ0n) is 11.4. The number of nitrogens with two attached hydrogens (primary N) is 1. The normalized spacial score (nSPS) is 27.5. The standard InChI is InChI=1S/C10H15N7O5/c11-9-13-4-17(10(20)15-9)8-7(21-2-1-14-16-12)6(19)5(3-18)22-8/h4-8,18-19H,1-3H2,(H2,11,15,20)/t5-,6-,7-,8-/m1/s1. The van der Waals surface area contributed by atoms with E-state index < -0.39 is 36.8 Å². The van der Waals surface area contributed by atoms with E-state index in [1.807, 2.05) is 0 Å². The Kier molecular flexibility index (Phi) is 5.25. The Labute approximate surface area is 123 Å². The topological polar surface area (TPSA) is 181 Å². The number of nitrogens with zero attached hydrogens (tertiary/aromatic N) is 6. The van der Waals surface area contributed by atoms with E-state index in [4.69, 9.17) is 20.7 Å². The Morgan fingerprint density at radius 3 is 3.05 bits per heavy atom. The lowest BCUT2D eigenvalue weighted by Crippen LogP contribution is -2.38. The monoisotopic (exact) mass is 313 g/mol. The fourth-order valence-electron chi connectivity index (χ4n) is 2.08. The van der Waals surface area contributed by atoms with Gasteiger partial charge in [0.15, 0.2) is 6.23 Å². The molecule has 22 heavy (non-hydrogen) atoms. The Balaban J connectivity index is 2.21. The third-order valence-electron chi connectivity index (χ3n) is 3.08. The Bertz CT molecular complexity index is 616. The first-order valence-electron chi connectivity index (χ1n) is 6.36. The zero-order valence-corrected chi connectivity index (χ0v) is 11.4. The number of ether oxygens (including phenoxy) is 2. The van der Waals surface area contributed by atoms with Gasteiger partial charge in [-0.1, -0.05) is 5.11 Å². The molecular formula is C10H15N7O5. The van der Waals surface area contributed by atoms with E-state index in [2.05, 4.69) is 20.0 Å². The molecule has 0 saturated carbocycles. The number of nitrogen functional groups attached to an aromatic ring is 1. The van der Waals surface area contributed by atoms with Crippen LogP contribution < -0.4 is 11.4 Å². The number of rotatable bonds is 6. The second kappa shape index (κ2) is 7.15. The van der Waals surface area contributed by atoms with Crippen molar-refractivity contribution in [1.29, 1.82) is 0 Å². The van der Waals surface area contributed by atoms with Crippen LogP contribution in [0.4, 0.5) is 5.95 Å². The summed E-state index contributed by atoms with van der Waals surface area (Å²) in [7, 11) is 0. The summed E-state index contributed by atoms with van der Waals surface area (Å²) in [5.74, 6) is -0.195. The van der Waals surface area contributed by atoms with Crippen molar-refractivity contribution in [3.8, 4) is 0 Å². The first kappa shape index (κ1) is 16.1. The van der Waals surface area contributed by atoms with Crippen molar-refractivity contribution in [2.45, 2.75) is 24.5 Å². The van der Waals surface area contributed by atoms with Gasteiger partial charge in [0.2, 0.25) is 5.95 Å². The van der Waals surface area contributed by atoms with Crippen molar-refractivity contribution in [2.75, 3.05) is 25.5 Å². The van der Waals surface area contributed by atoms with Gasteiger partial charge in [-0.15, -0.1) is 0 Å². The van der Waals surface area contributed by atoms with E-state index in [0.717, 1.165) is 10.9 Å². The predicted molar refractivity (Wildman–Crippen MR) is 71.5 cm³/mol. The van der Waals surface area contributed by atoms with Crippen LogP contribution in [0.3, 0.4) is 0 Å². The number of aromatic nitrogens is 3. The quantitative estimate of drug-likeness (QED) is 0.237. The van der Waals surface area contributed by atoms with Crippen LogP contribution >= 0.6 is 0 Å². The summed E-state index contributed by atoms with van der Waals surface area (Å²) in [5.41, 5.74) is 12.8. The largest absolute Gasteiger partial charge is 0.394 e. The predicted octanol–water partition coefficient (Wildman–Crippen LogP) is -1.83. The van der Waals surface area contributed by atoms with Crippen LogP contribution in [0.1, 0.15) is 6.23 Å². The van der Waals surface area contributed by atoms with Crippen LogP contribution in [0.25, 0.3) is 10.4 Å². The highest BCUT2D eigenvalue weighted by Crippen LogP contribution is 2.30. The lowest BCUT2D eigenvalue weighted by Gasteiger charge is -2.21. The molecule has 1 saturated heterocycles. The molecule has 12 heteroatoms. The van der Waals surface area contributed by atoms with Gasteiger partial charge in [0.1, 0.15) is 24.6 Å². The van der Waals surface area contributed by atoms with Gasteiger partial charge in [-0.3, -0.25) is 4.57 Å². The minimum absolute atomic E-state index is 0.00831. The minimum Gasteiger partial charge on any atom is -0.394 e. The van der Waals surface area contributed by atoms with E-state index in [0.29, 0.717) is 0 Å². The number of anilines is 1. The van der Waals surface area contributed by atoms with Crippen LogP contribution in [0.5, 0.6) is 0 Å². The van der Waals surface area contributed by atoms with Gasteiger partial charge in [-0.05, 0) is 5.53 Å². The summed E-state index contributed by atoms with van der Waals surface area (Å²) in [4.78, 5) is 21.6. The minimum atomic E-state index is -1.18. The highest BCUT2D eigenvalue weighted by Gasteiger charge is 2.45. The molecule has 1 aliphatic heterocycles. The molecular weight excluding hydrogens is 298 g/mol. The van der Waals surface area contributed by atoms with Crippen molar-refractivity contribution in [3.05, 3.63) is 27.3 Å². The molecule has 1 aromatic heterocycles. The maximum atomic E-state index is 11.8. The lowest BCUT2D eigenvalue weighted by atomic mass is 10.1. The fraction of sp³-hybridized carbons (Fsp3) is 0.700. The van der Waals surface area contributed by atoms with Gasteiger partial charge in [-0.2, -0.15) is 4.98 Å². The number of hydrogen-bond acceptors (Lipinski definition) is 9. The number of azide groups is 1. The van der Waals surface area contributed by atoms with Crippen molar-refractivity contribution < 1.29 is 19.7 Å². The molecule has 4 N–H and O–H groups in total. The first-order chi connectivity index (χ1) is 10.6. The van der Waals surface area contributed by atoms with Gasteiger partial charge >= 0.3 is 5.69 Å². The molecule has 0 unspecified atom stereocenters. The van der Waals surface area contributed by atoms with Gasteiger partial charge in [0.05, 0.1) is 13.2 Å². The third-order valence-corrected chi connectivity index (χ3v) is 3.08. The molecule has 4 atom stereocenters. The average Bonchev–Trinajstić information content (AvgIpc) is 2.80. The summed E-state index contributed by atoms with van der Waals surface area (Å²) in [6.45, 7) is -0.407. The zero-order chi connectivity index (χ0) is 16.1. The van der Waals surface area contributed by atoms with Gasteiger partial charge in [0, 0.05) is 11.5 Å². The van der Waals surface area contributed by atoms with Crippen LogP contribution in [-0.4, -0.2) is 62.8 Å². The summed E-state index contributed by atoms with van der Waals surface area (Å²) in [6.07, 6.45) is -2.99. The maximum absolute atomic E-state index is 11.8. The second-order valence-electron chi connectivity index (χ2n) is 4.43. The molecule has 0 aromatic carbocycles. The summed E-state index contributed by atoms with van der Waals surface area (Å²) in [6, 6.07) is 0. The molecule has 12 nitrogen and oxygen atoms in total. The molecule has 120 valence electrons. The average molecular weight is 313 g/mol. The van der Waals surface area contributed by atoms with E-state index in [1.54, 1.807) is 0 Å². The van der Waals surface area contributed by atoms with E-state index in [9.17, 15) is 15.0 Å². The Hall–Kier alpha value is -2.24. The van der Waals surface area contributed by atoms with Crippen molar-refractivity contribution in [3.63, 3.8) is 0 Å². The number of aliphatic hydroxyl groups excluding tert-OH is 2. The molecule has 1 fully saturated rings. The molecule has 1 aromatic rings.